The number of hydrogen-bond acceptors (Lipinski definition) is 2. The second-order valence-corrected chi connectivity index (χ2v) is 3.51. The largest absolute Gasteiger partial charge is 0.320 e. The van der Waals surface area contributed by atoms with Gasteiger partial charge in [0.15, 0.2) is 0 Å². The number of amides is 1. The van der Waals surface area contributed by atoms with E-state index in [9.17, 15) is 4.79 Å². The highest BCUT2D eigenvalue weighted by Gasteiger charge is 2.07. The van der Waals surface area contributed by atoms with Crippen LogP contribution in [0.4, 0.5) is 5.95 Å². The van der Waals surface area contributed by atoms with E-state index in [2.05, 4.69) is 10.3 Å². The van der Waals surface area contributed by atoms with Gasteiger partial charge in [0.05, 0.1) is 0 Å². The minimum atomic E-state index is 0.0179. The standard InChI is InChI=1S/C9H15N3O/c1-7(2)6-8(13)11-9-10-4-5-12(9)3/h4-5,7H,6H2,1-3H3,(H,10,11,13). The van der Waals surface area contributed by atoms with Crippen LogP contribution in [0, 0.1) is 5.92 Å². The molecule has 0 aromatic carbocycles. The van der Waals surface area contributed by atoms with Crippen LogP contribution in [0.1, 0.15) is 20.3 Å². The van der Waals surface area contributed by atoms with E-state index >= 15 is 0 Å². The molecule has 1 aromatic rings. The molecule has 0 atom stereocenters. The molecule has 0 saturated heterocycles. The highest BCUT2D eigenvalue weighted by molar-refractivity contribution is 5.89. The van der Waals surface area contributed by atoms with E-state index in [1.165, 1.54) is 0 Å². The molecular formula is C9H15N3O. The average molecular weight is 181 g/mol. The topological polar surface area (TPSA) is 46.9 Å². The maximum Gasteiger partial charge on any atom is 0.226 e. The van der Waals surface area contributed by atoms with Crippen molar-refractivity contribution in [3.8, 4) is 0 Å². The lowest BCUT2D eigenvalue weighted by Crippen LogP contribution is -2.16. The molecule has 0 aliphatic carbocycles. The number of imidazole rings is 1. The van der Waals surface area contributed by atoms with E-state index in [0.717, 1.165) is 0 Å². The quantitative estimate of drug-likeness (QED) is 0.766. The van der Waals surface area contributed by atoms with Crippen LogP contribution in [-0.2, 0) is 11.8 Å². The van der Waals surface area contributed by atoms with Gasteiger partial charge < -0.3 is 4.57 Å². The Morgan fingerprint density at radius 3 is 2.85 bits per heavy atom. The Bertz CT molecular complexity index is 291. The highest BCUT2D eigenvalue weighted by Crippen LogP contribution is 2.04. The number of nitrogens with one attached hydrogen (secondary N) is 1. The first-order valence-electron chi connectivity index (χ1n) is 4.36. The van der Waals surface area contributed by atoms with Crippen molar-refractivity contribution >= 4 is 11.9 Å². The molecule has 0 bridgehead atoms. The minimum Gasteiger partial charge on any atom is -0.320 e. The molecule has 0 unspecified atom stereocenters. The van der Waals surface area contributed by atoms with E-state index in [1.54, 1.807) is 17.0 Å². The molecule has 0 aliphatic heterocycles. The third-order valence-electron chi connectivity index (χ3n) is 1.67. The van der Waals surface area contributed by atoms with Crippen molar-refractivity contribution in [2.75, 3.05) is 5.32 Å². The molecule has 1 amide bonds. The Morgan fingerprint density at radius 1 is 1.69 bits per heavy atom. The van der Waals surface area contributed by atoms with Crippen LogP contribution in [0.2, 0.25) is 0 Å². The number of carbonyl (C=O) groups excluding carboxylic acids is 1. The zero-order valence-electron chi connectivity index (χ0n) is 8.24. The molecule has 0 fully saturated rings. The first-order valence-corrected chi connectivity index (χ1v) is 4.36. The van der Waals surface area contributed by atoms with Gasteiger partial charge in [0.2, 0.25) is 11.9 Å². The molecule has 1 N–H and O–H groups in total. The predicted molar refractivity (Wildman–Crippen MR) is 51.3 cm³/mol. The van der Waals surface area contributed by atoms with Gasteiger partial charge in [0.25, 0.3) is 0 Å². The van der Waals surface area contributed by atoms with E-state index in [1.807, 2.05) is 20.9 Å². The van der Waals surface area contributed by atoms with Crippen LogP contribution in [0.15, 0.2) is 12.4 Å². The van der Waals surface area contributed by atoms with Crippen molar-refractivity contribution in [3.05, 3.63) is 12.4 Å². The number of hydrogen-bond donors (Lipinski definition) is 1. The van der Waals surface area contributed by atoms with Crippen molar-refractivity contribution in [2.45, 2.75) is 20.3 Å². The molecule has 1 aromatic heterocycles. The SMILES string of the molecule is CC(C)CC(=O)Nc1nccn1C. The monoisotopic (exact) mass is 181 g/mol. The summed E-state index contributed by atoms with van der Waals surface area (Å²) in [6.45, 7) is 4.02. The van der Waals surface area contributed by atoms with Crippen molar-refractivity contribution in [1.29, 1.82) is 0 Å². The van der Waals surface area contributed by atoms with Crippen molar-refractivity contribution in [2.24, 2.45) is 13.0 Å². The normalized spacial score (nSPS) is 10.5. The Morgan fingerprint density at radius 2 is 2.38 bits per heavy atom. The third-order valence-corrected chi connectivity index (χ3v) is 1.67. The summed E-state index contributed by atoms with van der Waals surface area (Å²) in [5.74, 6) is 0.996. The summed E-state index contributed by atoms with van der Waals surface area (Å²) < 4.78 is 1.78. The number of aryl methyl sites for hydroxylation is 1. The van der Waals surface area contributed by atoms with E-state index in [4.69, 9.17) is 0 Å². The van der Waals surface area contributed by atoms with Gasteiger partial charge in [-0.15, -0.1) is 0 Å². The summed E-state index contributed by atoms with van der Waals surface area (Å²) in [6.07, 6.45) is 3.99. The van der Waals surface area contributed by atoms with E-state index in [-0.39, 0.29) is 5.91 Å². The number of anilines is 1. The van der Waals surface area contributed by atoms with Crippen LogP contribution < -0.4 is 5.32 Å². The van der Waals surface area contributed by atoms with Crippen LogP contribution in [0.25, 0.3) is 0 Å². The van der Waals surface area contributed by atoms with Gasteiger partial charge in [-0.05, 0) is 5.92 Å². The molecule has 4 nitrogen and oxygen atoms in total. The number of carbonyl (C=O) groups is 1. The van der Waals surface area contributed by atoms with Crippen LogP contribution in [0.3, 0.4) is 0 Å². The lowest BCUT2D eigenvalue weighted by molar-refractivity contribution is -0.116. The van der Waals surface area contributed by atoms with Gasteiger partial charge in [-0.25, -0.2) is 4.98 Å². The summed E-state index contributed by atoms with van der Waals surface area (Å²) in [6, 6.07) is 0. The molecule has 4 heteroatoms. The number of aromatic nitrogens is 2. The molecule has 1 heterocycles. The van der Waals surface area contributed by atoms with E-state index in [0.29, 0.717) is 18.3 Å². The van der Waals surface area contributed by atoms with Gasteiger partial charge in [-0.3, -0.25) is 10.1 Å². The fourth-order valence-corrected chi connectivity index (χ4v) is 1.03. The summed E-state index contributed by atoms with van der Waals surface area (Å²) in [5.41, 5.74) is 0. The van der Waals surface area contributed by atoms with Crippen LogP contribution in [-0.4, -0.2) is 15.5 Å². The molecule has 0 aliphatic rings. The Balaban J connectivity index is 2.50. The molecule has 0 spiro atoms. The first-order chi connectivity index (χ1) is 6.09. The van der Waals surface area contributed by atoms with Crippen LogP contribution >= 0.6 is 0 Å². The van der Waals surface area contributed by atoms with Crippen molar-refractivity contribution in [1.82, 2.24) is 9.55 Å². The van der Waals surface area contributed by atoms with Gasteiger partial charge in [0.1, 0.15) is 0 Å². The molecule has 0 saturated carbocycles. The zero-order valence-corrected chi connectivity index (χ0v) is 8.24. The van der Waals surface area contributed by atoms with Crippen molar-refractivity contribution < 1.29 is 4.79 Å². The highest BCUT2D eigenvalue weighted by atomic mass is 16.1. The zero-order chi connectivity index (χ0) is 9.84. The Kier molecular flexibility index (Phi) is 3.06. The van der Waals surface area contributed by atoms with Gasteiger partial charge >= 0.3 is 0 Å². The third kappa shape index (κ3) is 2.89. The second kappa shape index (κ2) is 4.07. The van der Waals surface area contributed by atoms with Crippen LogP contribution in [0.5, 0.6) is 0 Å². The molecule has 72 valence electrons. The lowest BCUT2D eigenvalue weighted by Gasteiger charge is -2.06. The molecule has 1 rings (SSSR count). The summed E-state index contributed by atoms with van der Waals surface area (Å²) in [4.78, 5) is 15.3. The Labute approximate surface area is 78.0 Å². The summed E-state index contributed by atoms with van der Waals surface area (Å²) >= 11 is 0. The van der Waals surface area contributed by atoms with Gasteiger partial charge in [0, 0.05) is 25.9 Å². The van der Waals surface area contributed by atoms with Gasteiger partial charge in [-0.1, -0.05) is 13.8 Å². The maximum absolute atomic E-state index is 11.3. The fourth-order valence-electron chi connectivity index (χ4n) is 1.03. The molecule has 13 heavy (non-hydrogen) atoms. The fraction of sp³-hybridized carbons (Fsp3) is 0.556. The Hall–Kier alpha value is -1.32. The predicted octanol–water partition coefficient (Wildman–Crippen LogP) is 1.40. The number of nitrogens with zero attached hydrogens (tertiary/aromatic N) is 2. The average Bonchev–Trinajstić information content (AvgIpc) is 2.34. The number of rotatable bonds is 3. The lowest BCUT2D eigenvalue weighted by atomic mass is 10.1. The first kappa shape index (κ1) is 9.77. The summed E-state index contributed by atoms with van der Waals surface area (Å²) in [5, 5.41) is 2.73. The molecular weight excluding hydrogens is 166 g/mol. The minimum absolute atomic E-state index is 0.0179. The second-order valence-electron chi connectivity index (χ2n) is 3.51. The molecule has 0 radical (unpaired) electrons. The maximum atomic E-state index is 11.3. The smallest absolute Gasteiger partial charge is 0.226 e. The van der Waals surface area contributed by atoms with Crippen molar-refractivity contribution in [3.63, 3.8) is 0 Å². The van der Waals surface area contributed by atoms with Gasteiger partial charge in [-0.2, -0.15) is 0 Å². The summed E-state index contributed by atoms with van der Waals surface area (Å²) in [7, 11) is 1.85. The van der Waals surface area contributed by atoms with E-state index < -0.39 is 0 Å².